The van der Waals surface area contributed by atoms with E-state index in [2.05, 4.69) is 21.9 Å². The summed E-state index contributed by atoms with van der Waals surface area (Å²) in [7, 11) is 1.79. The van der Waals surface area contributed by atoms with Gasteiger partial charge in [-0.3, -0.25) is 4.99 Å². The van der Waals surface area contributed by atoms with Crippen LogP contribution >= 0.6 is 47.3 Å². The second kappa shape index (κ2) is 11.7. The van der Waals surface area contributed by atoms with Crippen molar-refractivity contribution in [1.29, 1.82) is 0 Å². The minimum atomic E-state index is 0. The number of guanidine groups is 1. The van der Waals surface area contributed by atoms with E-state index in [1.165, 1.54) is 5.56 Å². The van der Waals surface area contributed by atoms with E-state index in [1.54, 1.807) is 7.05 Å². The van der Waals surface area contributed by atoms with Crippen LogP contribution in [0, 0.1) is 0 Å². The van der Waals surface area contributed by atoms with E-state index in [4.69, 9.17) is 11.6 Å². The molecule has 6 heteroatoms. The molecule has 1 aromatic carbocycles. The van der Waals surface area contributed by atoms with Crippen LogP contribution in [0.3, 0.4) is 0 Å². The van der Waals surface area contributed by atoms with Gasteiger partial charge in [-0.2, -0.15) is 11.8 Å². The van der Waals surface area contributed by atoms with Crippen molar-refractivity contribution < 1.29 is 0 Å². The van der Waals surface area contributed by atoms with Gasteiger partial charge in [0.2, 0.25) is 0 Å². The van der Waals surface area contributed by atoms with E-state index < -0.39 is 0 Å². The van der Waals surface area contributed by atoms with Gasteiger partial charge in [0.15, 0.2) is 5.96 Å². The van der Waals surface area contributed by atoms with Gasteiger partial charge in [-0.25, -0.2) is 0 Å². The molecule has 0 saturated carbocycles. The molecule has 0 saturated heterocycles. The molecule has 0 radical (unpaired) electrons. The first-order chi connectivity index (χ1) is 8.76. The molecule has 0 unspecified atom stereocenters. The summed E-state index contributed by atoms with van der Waals surface area (Å²) in [5, 5.41) is 7.33. The Bertz CT molecular complexity index is 371. The number of benzene rings is 1. The Morgan fingerprint density at radius 1 is 1.21 bits per heavy atom. The molecule has 108 valence electrons. The van der Waals surface area contributed by atoms with Crippen molar-refractivity contribution in [2.24, 2.45) is 4.99 Å². The molecule has 3 nitrogen and oxygen atoms in total. The molecule has 1 rings (SSSR count). The van der Waals surface area contributed by atoms with Crippen molar-refractivity contribution in [1.82, 2.24) is 10.6 Å². The van der Waals surface area contributed by atoms with Gasteiger partial charge in [0.1, 0.15) is 0 Å². The van der Waals surface area contributed by atoms with Gasteiger partial charge in [0.05, 0.1) is 0 Å². The van der Waals surface area contributed by atoms with E-state index in [0.29, 0.717) is 0 Å². The van der Waals surface area contributed by atoms with Gasteiger partial charge < -0.3 is 10.6 Å². The normalized spacial score (nSPS) is 10.8. The third-order valence-corrected chi connectivity index (χ3v) is 3.31. The summed E-state index contributed by atoms with van der Waals surface area (Å²) < 4.78 is 0. The molecule has 0 bridgehead atoms. The molecule has 0 aromatic heterocycles. The maximum atomic E-state index is 5.84. The molecule has 1 aromatic rings. The second-order valence-corrected chi connectivity index (χ2v) is 5.22. The fraction of sp³-hybridized carbons (Fsp3) is 0.462. The first-order valence-electron chi connectivity index (χ1n) is 5.94. The third-order valence-electron chi connectivity index (χ3n) is 2.44. The van der Waals surface area contributed by atoms with E-state index >= 15 is 0 Å². The molecular weight excluding hydrogens is 393 g/mol. The molecule has 0 fully saturated rings. The van der Waals surface area contributed by atoms with Gasteiger partial charge in [-0.15, -0.1) is 24.0 Å². The van der Waals surface area contributed by atoms with E-state index in [-0.39, 0.29) is 24.0 Å². The SMILES string of the molecule is CN=C(NCCSC)NCCc1ccc(Cl)cc1.I. The highest BCUT2D eigenvalue weighted by Gasteiger charge is 1.97. The van der Waals surface area contributed by atoms with Crippen molar-refractivity contribution in [3.05, 3.63) is 34.9 Å². The molecular formula is C13H21ClIN3S. The molecule has 2 N–H and O–H groups in total. The maximum absolute atomic E-state index is 5.84. The first kappa shape index (κ1) is 18.9. The summed E-state index contributed by atoms with van der Waals surface area (Å²) in [6.07, 6.45) is 3.05. The van der Waals surface area contributed by atoms with Crippen LogP contribution in [0.5, 0.6) is 0 Å². The van der Waals surface area contributed by atoms with Crippen LogP contribution in [0.15, 0.2) is 29.3 Å². The number of nitrogens with zero attached hydrogens (tertiary/aromatic N) is 1. The zero-order valence-corrected chi connectivity index (χ0v) is 15.2. The molecule has 0 aliphatic heterocycles. The molecule has 0 spiro atoms. The fourth-order valence-corrected chi connectivity index (χ4v) is 1.90. The molecule has 19 heavy (non-hydrogen) atoms. The highest BCUT2D eigenvalue weighted by molar-refractivity contribution is 14.0. The number of nitrogens with one attached hydrogen (secondary N) is 2. The highest BCUT2D eigenvalue weighted by atomic mass is 127. The molecule has 0 aliphatic carbocycles. The number of halogens is 2. The maximum Gasteiger partial charge on any atom is 0.191 e. The zero-order chi connectivity index (χ0) is 13.2. The van der Waals surface area contributed by atoms with Crippen LogP contribution in [0.25, 0.3) is 0 Å². The summed E-state index contributed by atoms with van der Waals surface area (Å²) >= 11 is 7.66. The summed E-state index contributed by atoms with van der Waals surface area (Å²) in [4.78, 5) is 4.17. The standard InChI is InChI=1S/C13H20ClN3S.HI/c1-15-13(17-9-10-18-2)16-8-7-11-3-5-12(14)6-4-11;/h3-6H,7-10H2,1-2H3,(H2,15,16,17);1H. The average Bonchev–Trinajstić information content (AvgIpc) is 2.39. The summed E-state index contributed by atoms with van der Waals surface area (Å²) in [6, 6.07) is 7.94. The van der Waals surface area contributed by atoms with Gasteiger partial charge >= 0.3 is 0 Å². The lowest BCUT2D eigenvalue weighted by atomic mass is 10.1. The molecule has 0 atom stereocenters. The smallest absolute Gasteiger partial charge is 0.191 e. The van der Waals surface area contributed by atoms with Crippen LogP contribution < -0.4 is 10.6 Å². The Morgan fingerprint density at radius 3 is 2.42 bits per heavy atom. The van der Waals surface area contributed by atoms with Crippen LogP contribution in [0.4, 0.5) is 0 Å². The van der Waals surface area contributed by atoms with Crippen molar-refractivity contribution in [3.63, 3.8) is 0 Å². The number of hydrogen-bond acceptors (Lipinski definition) is 2. The summed E-state index contributed by atoms with van der Waals surface area (Å²) in [5.41, 5.74) is 1.27. The largest absolute Gasteiger partial charge is 0.356 e. The Kier molecular flexibility index (Phi) is 11.6. The van der Waals surface area contributed by atoms with Gasteiger partial charge in [0, 0.05) is 30.9 Å². The number of hydrogen-bond donors (Lipinski definition) is 2. The number of rotatable bonds is 6. The van der Waals surface area contributed by atoms with Gasteiger partial charge in [-0.1, -0.05) is 23.7 Å². The van der Waals surface area contributed by atoms with Crippen LogP contribution in [0.1, 0.15) is 5.56 Å². The van der Waals surface area contributed by atoms with Crippen molar-refractivity contribution in [2.45, 2.75) is 6.42 Å². The Labute approximate surface area is 142 Å². The average molecular weight is 414 g/mol. The monoisotopic (exact) mass is 413 g/mol. The molecule has 0 aliphatic rings. The quantitative estimate of drug-likeness (QED) is 0.326. The van der Waals surface area contributed by atoms with E-state index in [0.717, 1.165) is 36.2 Å². The molecule has 0 heterocycles. The third kappa shape index (κ3) is 8.60. The molecule has 0 amide bonds. The summed E-state index contributed by atoms with van der Waals surface area (Å²) in [6.45, 7) is 1.79. The fourth-order valence-electron chi connectivity index (χ4n) is 1.47. The Balaban J connectivity index is 0.00000324. The minimum Gasteiger partial charge on any atom is -0.356 e. The van der Waals surface area contributed by atoms with Gasteiger partial charge in [-0.05, 0) is 30.4 Å². The lowest BCUT2D eigenvalue weighted by Gasteiger charge is -2.11. The number of thioether (sulfide) groups is 1. The Hall–Kier alpha value is -0.140. The van der Waals surface area contributed by atoms with E-state index in [1.807, 2.05) is 36.0 Å². The van der Waals surface area contributed by atoms with Crippen molar-refractivity contribution in [3.8, 4) is 0 Å². The predicted molar refractivity (Wildman–Crippen MR) is 98.3 cm³/mol. The predicted octanol–water partition coefficient (Wildman–Crippen LogP) is 3.03. The first-order valence-corrected chi connectivity index (χ1v) is 7.71. The number of aliphatic imine (C=N–C) groups is 1. The topological polar surface area (TPSA) is 36.4 Å². The second-order valence-electron chi connectivity index (χ2n) is 3.80. The minimum absolute atomic E-state index is 0. The lowest BCUT2D eigenvalue weighted by Crippen LogP contribution is -2.39. The summed E-state index contributed by atoms with van der Waals surface area (Å²) in [5.74, 6) is 1.94. The van der Waals surface area contributed by atoms with Crippen molar-refractivity contribution >= 4 is 53.3 Å². The lowest BCUT2D eigenvalue weighted by molar-refractivity contribution is 0.812. The van der Waals surface area contributed by atoms with Crippen molar-refractivity contribution in [2.75, 3.05) is 32.1 Å². The van der Waals surface area contributed by atoms with E-state index in [9.17, 15) is 0 Å². The van der Waals surface area contributed by atoms with Gasteiger partial charge in [0.25, 0.3) is 0 Å². The van der Waals surface area contributed by atoms with Crippen LogP contribution in [-0.2, 0) is 6.42 Å². The Morgan fingerprint density at radius 2 is 1.84 bits per heavy atom. The zero-order valence-electron chi connectivity index (χ0n) is 11.3. The highest BCUT2D eigenvalue weighted by Crippen LogP contribution is 2.09. The van der Waals surface area contributed by atoms with Crippen LogP contribution in [0.2, 0.25) is 5.02 Å². The van der Waals surface area contributed by atoms with Crippen LogP contribution in [-0.4, -0.2) is 38.1 Å².